The van der Waals surface area contributed by atoms with Gasteiger partial charge in [-0.3, -0.25) is 4.79 Å². The first-order valence-electron chi connectivity index (χ1n) is 9.07. The number of nitrogens with one attached hydrogen (secondary N) is 1. The van der Waals surface area contributed by atoms with E-state index in [9.17, 15) is 4.79 Å². The van der Waals surface area contributed by atoms with E-state index in [1.165, 1.54) is 0 Å². The van der Waals surface area contributed by atoms with Crippen molar-refractivity contribution >= 4 is 5.91 Å². The molecule has 144 valence electrons. The molecule has 1 amide bonds. The Morgan fingerprint density at radius 1 is 0.857 bits per heavy atom. The predicted molar refractivity (Wildman–Crippen MR) is 108 cm³/mol. The Hall–Kier alpha value is -3.47. The van der Waals surface area contributed by atoms with Gasteiger partial charge in [0, 0.05) is 6.07 Å². The molecule has 0 aliphatic carbocycles. The van der Waals surface area contributed by atoms with Crippen LogP contribution in [0.5, 0.6) is 17.2 Å². The maximum absolute atomic E-state index is 12.5. The molecule has 0 bridgehead atoms. The molecular formula is C23H23NO4. The van der Waals surface area contributed by atoms with Crippen LogP contribution in [0.3, 0.4) is 0 Å². The number of benzene rings is 3. The van der Waals surface area contributed by atoms with Crippen molar-refractivity contribution in [2.75, 3.05) is 20.3 Å². The van der Waals surface area contributed by atoms with Crippen molar-refractivity contribution in [3.63, 3.8) is 0 Å². The first-order valence-corrected chi connectivity index (χ1v) is 9.07. The van der Waals surface area contributed by atoms with Gasteiger partial charge < -0.3 is 19.5 Å². The second-order valence-corrected chi connectivity index (χ2v) is 6.05. The van der Waals surface area contributed by atoms with Gasteiger partial charge in [-0.15, -0.1) is 0 Å². The molecule has 0 saturated heterocycles. The normalized spacial score (nSPS) is 10.2. The molecule has 3 rings (SSSR count). The number of carbonyl (C=O) groups is 1. The van der Waals surface area contributed by atoms with Gasteiger partial charge in [0.25, 0.3) is 5.91 Å². The third kappa shape index (κ3) is 5.51. The molecule has 5 heteroatoms. The van der Waals surface area contributed by atoms with Crippen LogP contribution in [0.15, 0.2) is 78.9 Å². The van der Waals surface area contributed by atoms with E-state index >= 15 is 0 Å². The van der Waals surface area contributed by atoms with E-state index in [-0.39, 0.29) is 5.91 Å². The van der Waals surface area contributed by atoms with Gasteiger partial charge in [-0.25, -0.2) is 0 Å². The van der Waals surface area contributed by atoms with Crippen LogP contribution >= 0.6 is 0 Å². The van der Waals surface area contributed by atoms with Crippen molar-refractivity contribution in [2.24, 2.45) is 0 Å². The second kappa shape index (κ2) is 10.0. The van der Waals surface area contributed by atoms with E-state index in [2.05, 4.69) is 5.32 Å². The summed E-state index contributed by atoms with van der Waals surface area (Å²) in [5, 5.41) is 2.86. The number of methoxy groups -OCH3 is 1. The minimum absolute atomic E-state index is 0.196. The number of para-hydroxylation sites is 1. The Morgan fingerprint density at radius 2 is 1.61 bits per heavy atom. The number of carbonyl (C=O) groups excluding carboxylic acids is 1. The van der Waals surface area contributed by atoms with Gasteiger partial charge >= 0.3 is 0 Å². The van der Waals surface area contributed by atoms with E-state index in [1.54, 1.807) is 25.3 Å². The number of ether oxygens (including phenoxy) is 3. The van der Waals surface area contributed by atoms with Crippen molar-refractivity contribution < 1.29 is 19.0 Å². The number of hydrogen-bond donors (Lipinski definition) is 1. The molecule has 0 fully saturated rings. The summed E-state index contributed by atoms with van der Waals surface area (Å²) in [5.41, 5.74) is 1.55. The van der Waals surface area contributed by atoms with Gasteiger partial charge in [0.15, 0.2) is 0 Å². The molecule has 0 unspecified atom stereocenters. The van der Waals surface area contributed by atoms with E-state index in [4.69, 9.17) is 14.2 Å². The predicted octanol–water partition coefficient (Wildman–Crippen LogP) is 4.08. The van der Waals surface area contributed by atoms with Gasteiger partial charge in [-0.1, -0.05) is 48.5 Å². The average Bonchev–Trinajstić information content (AvgIpc) is 2.76. The molecule has 3 aromatic carbocycles. The zero-order valence-electron chi connectivity index (χ0n) is 15.8. The topological polar surface area (TPSA) is 56.8 Å². The molecule has 5 nitrogen and oxygen atoms in total. The number of hydrogen-bond acceptors (Lipinski definition) is 4. The minimum atomic E-state index is -0.196. The molecule has 1 N–H and O–H groups in total. The fraction of sp³-hybridized carbons (Fsp3) is 0.174. The van der Waals surface area contributed by atoms with Crippen molar-refractivity contribution in [1.82, 2.24) is 5.32 Å². The Kier molecular flexibility index (Phi) is 6.90. The van der Waals surface area contributed by atoms with Crippen LogP contribution in [0.1, 0.15) is 15.9 Å². The lowest BCUT2D eigenvalue weighted by molar-refractivity contribution is 0.0942. The summed E-state index contributed by atoms with van der Waals surface area (Å²) in [5.74, 6) is 1.78. The number of amides is 1. The van der Waals surface area contributed by atoms with Crippen LogP contribution in [0.25, 0.3) is 0 Å². The summed E-state index contributed by atoms with van der Waals surface area (Å²) < 4.78 is 16.6. The highest BCUT2D eigenvalue weighted by atomic mass is 16.5. The van der Waals surface area contributed by atoms with Crippen LogP contribution in [0, 0.1) is 0 Å². The highest BCUT2D eigenvalue weighted by molar-refractivity contribution is 5.96. The third-order valence-electron chi connectivity index (χ3n) is 4.07. The molecule has 0 heterocycles. The van der Waals surface area contributed by atoms with Gasteiger partial charge in [0.1, 0.15) is 30.5 Å². The number of rotatable bonds is 9. The van der Waals surface area contributed by atoms with Gasteiger partial charge in [0.2, 0.25) is 0 Å². The first-order chi connectivity index (χ1) is 13.8. The van der Waals surface area contributed by atoms with Crippen LogP contribution in [-0.2, 0) is 6.61 Å². The van der Waals surface area contributed by atoms with Crippen molar-refractivity contribution in [2.45, 2.75) is 6.61 Å². The van der Waals surface area contributed by atoms with Crippen LogP contribution in [-0.4, -0.2) is 26.2 Å². The summed E-state index contributed by atoms with van der Waals surface area (Å²) in [6.07, 6.45) is 0. The Labute approximate surface area is 164 Å². The summed E-state index contributed by atoms with van der Waals surface area (Å²) in [4.78, 5) is 12.5. The summed E-state index contributed by atoms with van der Waals surface area (Å²) in [6.45, 7) is 1.14. The third-order valence-corrected chi connectivity index (χ3v) is 4.07. The minimum Gasteiger partial charge on any atom is -0.497 e. The average molecular weight is 377 g/mol. The molecule has 28 heavy (non-hydrogen) atoms. The first kappa shape index (κ1) is 19.3. The molecule has 0 spiro atoms. The van der Waals surface area contributed by atoms with E-state index in [0.29, 0.717) is 36.8 Å². The van der Waals surface area contributed by atoms with Gasteiger partial charge in [0.05, 0.1) is 19.2 Å². The van der Waals surface area contributed by atoms with E-state index in [0.717, 1.165) is 11.3 Å². The van der Waals surface area contributed by atoms with Gasteiger partial charge in [-0.2, -0.15) is 0 Å². The highest BCUT2D eigenvalue weighted by Gasteiger charge is 2.11. The molecular weight excluding hydrogens is 354 g/mol. The smallest absolute Gasteiger partial charge is 0.255 e. The highest BCUT2D eigenvalue weighted by Crippen LogP contribution is 2.20. The standard InChI is InChI=1S/C23H23NO4/c1-26-19-10-7-11-20(16-19)27-15-14-24-23(25)21-12-5-6-13-22(21)28-17-18-8-3-2-4-9-18/h2-13,16H,14-15,17H2,1H3,(H,24,25). The van der Waals surface area contributed by atoms with Crippen molar-refractivity contribution in [3.8, 4) is 17.2 Å². The van der Waals surface area contributed by atoms with E-state index in [1.807, 2.05) is 60.7 Å². The zero-order chi connectivity index (χ0) is 19.6. The molecule has 0 atom stereocenters. The summed E-state index contributed by atoms with van der Waals surface area (Å²) >= 11 is 0. The molecule has 0 saturated carbocycles. The molecule has 3 aromatic rings. The lowest BCUT2D eigenvalue weighted by atomic mass is 10.2. The zero-order valence-corrected chi connectivity index (χ0v) is 15.8. The monoisotopic (exact) mass is 377 g/mol. The van der Waals surface area contributed by atoms with Crippen molar-refractivity contribution in [3.05, 3.63) is 90.0 Å². The van der Waals surface area contributed by atoms with Gasteiger partial charge in [-0.05, 0) is 29.8 Å². The van der Waals surface area contributed by atoms with E-state index < -0.39 is 0 Å². The summed E-state index contributed by atoms with van der Waals surface area (Å²) in [7, 11) is 1.61. The Bertz CT molecular complexity index is 896. The van der Waals surface area contributed by atoms with Crippen LogP contribution in [0.4, 0.5) is 0 Å². The maximum atomic E-state index is 12.5. The molecule has 0 radical (unpaired) electrons. The lowest BCUT2D eigenvalue weighted by Crippen LogP contribution is -2.28. The fourth-order valence-corrected chi connectivity index (χ4v) is 2.64. The largest absolute Gasteiger partial charge is 0.497 e. The Balaban J connectivity index is 1.51. The molecule has 0 aliphatic rings. The molecule has 0 aliphatic heterocycles. The SMILES string of the molecule is COc1cccc(OCCNC(=O)c2ccccc2OCc2ccccc2)c1. The van der Waals surface area contributed by atoms with Crippen molar-refractivity contribution in [1.29, 1.82) is 0 Å². The van der Waals surface area contributed by atoms with Crippen LogP contribution < -0.4 is 19.5 Å². The second-order valence-electron chi connectivity index (χ2n) is 6.05. The lowest BCUT2D eigenvalue weighted by Gasteiger charge is -2.12. The summed E-state index contributed by atoms with van der Waals surface area (Å²) in [6, 6.07) is 24.4. The van der Waals surface area contributed by atoms with Crippen LogP contribution in [0.2, 0.25) is 0 Å². The quantitative estimate of drug-likeness (QED) is 0.571. The fourth-order valence-electron chi connectivity index (χ4n) is 2.64. The Morgan fingerprint density at radius 3 is 2.43 bits per heavy atom. The molecule has 0 aromatic heterocycles. The maximum Gasteiger partial charge on any atom is 0.255 e.